The van der Waals surface area contributed by atoms with Crippen LogP contribution in [0.5, 0.6) is 0 Å². The smallest absolute Gasteiger partial charge is 0.339 e. The zero-order valence-electron chi connectivity index (χ0n) is 16.0. The Morgan fingerprint density at radius 2 is 1.74 bits per heavy atom. The molecule has 0 heterocycles. The van der Waals surface area contributed by atoms with Crippen LogP contribution in [0.3, 0.4) is 0 Å². The predicted molar refractivity (Wildman–Crippen MR) is 105 cm³/mol. The van der Waals surface area contributed by atoms with E-state index in [1.165, 1.54) is 18.9 Å². The van der Waals surface area contributed by atoms with Crippen molar-refractivity contribution in [3.8, 4) is 0 Å². The predicted octanol–water partition coefficient (Wildman–Crippen LogP) is 3.47. The maximum absolute atomic E-state index is 12.4. The van der Waals surface area contributed by atoms with Gasteiger partial charge in [0, 0.05) is 25.6 Å². The number of hydrogen-bond donors (Lipinski definition) is 1. The quantitative estimate of drug-likeness (QED) is 0.792. The summed E-state index contributed by atoms with van der Waals surface area (Å²) in [5.74, 6) is -0.993. The van der Waals surface area contributed by atoms with Crippen molar-refractivity contribution in [1.29, 1.82) is 0 Å². The first-order valence-electron chi connectivity index (χ1n) is 8.66. The standard InChI is InChI=1S/C21H24N2O4/c1-14-8-7-10-18(15(14)2)22-20(25)12-13-23(16(3)24)19-11-6-5-9-17(19)21(26)27-4/h5-11H,12-13H2,1-4H3,(H,22,25). The van der Waals surface area contributed by atoms with E-state index in [-0.39, 0.29) is 30.3 Å². The second-order valence-corrected chi connectivity index (χ2v) is 6.23. The van der Waals surface area contributed by atoms with Crippen LogP contribution in [-0.2, 0) is 14.3 Å². The third kappa shape index (κ3) is 4.94. The van der Waals surface area contributed by atoms with Crippen molar-refractivity contribution in [3.05, 3.63) is 59.2 Å². The van der Waals surface area contributed by atoms with E-state index in [1.807, 2.05) is 32.0 Å². The van der Waals surface area contributed by atoms with Gasteiger partial charge < -0.3 is 15.0 Å². The van der Waals surface area contributed by atoms with Gasteiger partial charge in [0.25, 0.3) is 0 Å². The van der Waals surface area contributed by atoms with E-state index < -0.39 is 5.97 Å². The van der Waals surface area contributed by atoms with Crippen molar-refractivity contribution in [2.75, 3.05) is 23.9 Å². The number of ether oxygens (including phenoxy) is 1. The molecule has 6 heteroatoms. The molecule has 0 atom stereocenters. The zero-order valence-corrected chi connectivity index (χ0v) is 16.0. The molecular weight excluding hydrogens is 344 g/mol. The maximum atomic E-state index is 12.4. The number of aryl methyl sites for hydroxylation is 1. The van der Waals surface area contributed by atoms with E-state index in [4.69, 9.17) is 4.74 Å². The van der Waals surface area contributed by atoms with Crippen LogP contribution in [0.2, 0.25) is 0 Å². The second kappa shape index (κ2) is 8.98. The number of hydrogen-bond acceptors (Lipinski definition) is 4. The minimum Gasteiger partial charge on any atom is -0.465 e. The summed E-state index contributed by atoms with van der Waals surface area (Å²) in [6.07, 6.45) is 0.0997. The monoisotopic (exact) mass is 368 g/mol. The molecule has 0 spiro atoms. The van der Waals surface area contributed by atoms with Crippen LogP contribution in [0.25, 0.3) is 0 Å². The van der Waals surface area contributed by atoms with Crippen molar-refractivity contribution in [2.45, 2.75) is 27.2 Å². The summed E-state index contributed by atoms with van der Waals surface area (Å²) < 4.78 is 4.78. The molecule has 0 aliphatic carbocycles. The summed E-state index contributed by atoms with van der Waals surface area (Å²) >= 11 is 0. The lowest BCUT2D eigenvalue weighted by Crippen LogP contribution is -2.33. The minimum absolute atomic E-state index is 0.0997. The molecule has 2 aromatic rings. The lowest BCUT2D eigenvalue weighted by molar-refractivity contribution is -0.117. The highest BCUT2D eigenvalue weighted by Gasteiger charge is 2.20. The third-order valence-electron chi connectivity index (χ3n) is 4.42. The van der Waals surface area contributed by atoms with Gasteiger partial charge in [-0.1, -0.05) is 24.3 Å². The molecule has 0 fully saturated rings. The molecule has 0 aromatic heterocycles. The Morgan fingerprint density at radius 3 is 2.41 bits per heavy atom. The Morgan fingerprint density at radius 1 is 1.04 bits per heavy atom. The van der Waals surface area contributed by atoms with Gasteiger partial charge in [0.2, 0.25) is 11.8 Å². The molecule has 0 bridgehead atoms. The number of methoxy groups -OCH3 is 1. The molecule has 0 unspecified atom stereocenters. The molecule has 0 saturated heterocycles. The number of nitrogens with zero attached hydrogens (tertiary/aromatic N) is 1. The molecule has 0 saturated carbocycles. The molecule has 2 amide bonds. The van der Waals surface area contributed by atoms with E-state index in [0.717, 1.165) is 16.8 Å². The van der Waals surface area contributed by atoms with Crippen molar-refractivity contribution in [3.63, 3.8) is 0 Å². The Labute approximate surface area is 159 Å². The normalized spacial score (nSPS) is 10.2. The highest BCUT2D eigenvalue weighted by Crippen LogP contribution is 2.22. The maximum Gasteiger partial charge on any atom is 0.339 e. The summed E-state index contributed by atoms with van der Waals surface area (Å²) in [5.41, 5.74) is 3.56. The first-order valence-corrected chi connectivity index (χ1v) is 8.66. The van der Waals surface area contributed by atoms with Crippen molar-refractivity contribution < 1.29 is 19.1 Å². The van der Waals surface area contributed by atoms with E-state index >= 15 is 0 Å². The van der Waals surface area contributed by atoms with E-state index in [1.54, 1.807) is 24.3 Å². The number of nitrogens with one attached hydrogen (secondary N) is 1. The first-order chi connectivity index (χ1) is 12.8. The molecule has 1 N–H and O–H groups in total. The fourth-order valence-electron chi connectivity index (χ4n) is 2.75. The van der Waals surface area contributed by atoms with Crippen molar-refractivity contribution in [2.24, 2.45) is 0 Å². The average Bonchev–Trinajstić information content (AvgIpc) is 2.65. The number of carbonyl (C=O) groups is 3. The van der Waals surface area contributed by atoms with Crippen LogP contribution in [0.4, 0.5) is 11.4 Å². The molecule has 0 radical (unpaired) electrons. The highest BCUT2D eigenvalue weighted by atomic mass is 16.5. The average molecular weight is 368 g/mol. The van der Waals surface area contributed by atoms with Gasteiger partial charge in [-0.15, -0.1) is 0 Å². The lowest BCUT2D eigenvalue weighted by Gasteiger charge is -2.23. The fourth-order valence-corrected chi connectivity index (χ4v) is 2.75. The first kappa shape index (κ1) is 20.2. The molecule has 0 aliphatic rings. The summed E-state index contributed by atoms with van der Waals surface area (Å²) in [6, 6.07) is 12.4. The molecule has 27 heavy (non-hydrogen) atoms. The van der Waals surface area contributed by atoms with Gasteiger partial charge in [-0.05, 0) is 43.2 Å². The molecule has 142 valence electrons. The summed E-state index contributed by atoms with van der Waals surface area (Å²) in [6.45, 7) is 5.47. The van der Waals surface area contributed by atoms with Gasteiger partial charge in [0.1, 0.15) is 0 Å². The summed E-state index contributed by atoms with van der Waals surface area (Å²) in [7, 11) is 1.29. The topological polar surface area (TPSA) is 75.7 Å². The van der Waals surface area contributed by atoms with Gasteiger partial charge >= 0.3 is 5.97 Å². The molecule has 2 rings (SSSR count). The largest absolute Gasteiger partial charge is 0.465 e. The molecule has 0 aliphatic heterocycles. The number of benzene rings is 2. The van der Waals surface area contributed by atoms with E-state index in [2.05, 4.69) is 5.32 Å². The molecular formula is C21H24N2O4. The van der Waals surface area contributed by atoms with Crippen LogP contribution in [0, 0.1) is 13.8 Å². The Balaban J connectivity index is 2.14. The molecule has 6 nitrogen and oxygen atoms in total. The number of rotatable bonds is 6. The minimum atomic E-state index is -0.531. The van der Waals surface area contributed by atoms with Crippen LogP contribution in [0.15, 0.2) is 42.5 Å². The molecule has 2 aromatic carbocycles. The number of para-hydroxylation sites is 1. The van der Waals surface area contributed by atoms with Crippen LogP contribution < -0.4 is 10.2 Å². The van der Waals surface area contributed by atoms with Crippen LogP contribution in [0.1, 0.15) is 34.8 Å². The lowest BCUT2D eigenvalue weighted by atomic mass is 10.1. The number of carbonyl (C=O) groups excluding carboxylic acids is 3. The van der Waals surface area contributed by atoms with Gasteiger partial charge in [0.15, 0.2) is 0 Å². The Bertz CT molecular complexity index is 861. The number of anilines is 2. The van der Waals surface area contributed by atoms with Crippen molar-refractivity contribution in [1.82, 2.24) is 0 Å². The number of esters is 1. The van der Waals surface area contributed by atoms with E-state index in [0.29, 0.717) is 5.69 Å². The summed E-state index contributed by atoms with van der Waals surface area (Å²) in [5, 5.41) is 2.88. The fraction of sp³-hybridized carbons (Fsp3) is 0.286. The van der Waals surface area contributed by atoms with Crippen molar-refractivity contribution >= 4 is 29.2 Å². The second-order valence-electron chi connectivity index (χ2n) is 6.23. The zero-order chi connectivity index (χ0) is 20.0. The van der Waals surface area contributed by atoms with E-state index in [9.17, 15) is 14.4 Å². The Kier molecular flexibility index (Phi) is 6.71. The highest BCUT2D eigenvalue weighted by molar-refractivity contribution is 6.02. The van der Waals surface area contributed by atoms with Gasteiger partial charge in [-0.25, -0.2) is 4.79 Å². The number of amides is 2. The summed E-state index contributed by atoms with van der Waals surface area (Å²) in [4.78, 5) is 37.9. The van der Waals surface area contributed by atoms with Crippen LogP contribution in [-0.4, -0.2) is 31.4 Å². The SMILES string of the molecule is COC(=O)c1ccccc1N(CCC(=O)Nc1cccc(C)c1C)C(C)=O. The Hall–Kier alpha value is -3.15. The third-order valence-corrected chi connectivity index (χ3v) is 4.42. The van der Waals surface area contributed by atoms with Gasteiger partial charge in [-0.2, -0.15) is 0 Å². The van der Waals surface area contributed by atoms with Gasteiger partial charge in [0.05, 0.1) is 18.4 Å². The van der Waals surface area contributed by atoms with Gasteiger partial charge in [-0.3, -0.25) is 9.59 Å². The van der Waals surface area contributed by atoms with Crippen LogP contribution >= 0.6 is 0 Å².